The SMILES string of the molecule is Cc1cc(C)c(-c2nc(C=O)cs2)c(C)c1. The van der Waals surface area contributed by atoms with E-state index in [-0.39, 0.29) is 0 Å². The molecular formula is C13H13NOS. The number of benzene rings is 1. The number of carbonyl (C=O) groups excluding carboxylic acids is 1. The molecule has 2 rings (SSSR count). The first-order valence-electron chi connectivity index (χ1n) is 5.10. The first-order chi connectivity index (χ1) is 7.61. The van der Waals surface area contributed by atoms with Crippen LogP contribution in [-0.2, 0) is 0 Å². The van der Waals surface area contributed by atoms with Crippen molar-refractivity contribution in [3.63, 3.8) is 0 Å². The highest BCUT2D eigenvalue weighted by Crippen LogP contribution is 2.30. The van der Waals surface area contributed by atoms with Gasteiger partial charge in [0.2, 0.25) is 0 Å². The fourth-order valence-corrected chi connectivity index (χ4v) is 2.91. The predicted octanol–water partition coefficient (Wildman–Crippen LogP) is 3.55. The van der Waals surface area contributed by atoms with E-state index >= 15 is 0 Å². The quantitative estimate of drug-likeness (QED) is 0.740. The van der Waals surface area contributed by atoms with Crippen LogP contribution in [0.2, 0.25) is 0 Å². The molecule has 0 spiro atoms. The van der Waals surface area contributed by atoms with E-state index in [4.69, 9.17) is 0 Å². The lowest BCUT2D eigenvalue weighted by molar-refractivity contribution is 0.111. The van der Waals surface area contributed by atoms with Crippen LogP contribution < -0.4 is 0 Å². The van der Waals surface area contributed by atoms with Gasteiger partial charge in [0.15, 0.2) is 6.29 Å². The molecular weight excluding hydrogens is 218 g/mol. The van der Waals surface area contributed by atoms with Crippen molar-refractivity contribution in [3.05, 3.63) is 39.9 Å². The van der Waals surface area contributed by atoms with Crippen LogP contribution >= 0.6 is 11.3 Å². The lowest BCUT2D eigenvalue weighted by Gasteiger charge is -2.08. The van der Waals surface area contributed by atoms with Crippen LogP contribution in [0.3, 0.4) is 0 Å². The summed E-state index contributed by atoms with van der Waals surface area (Å²) in [7, 11) is 0. The molecule has 1 heterocycles. The average Bonchev–Trinajstić information content (AvgIpc) is 2.64. The van der Waals surface area contributed by atoms with Gasteiger partial charge in [-0.15, -0.1) is 11.3 Å². The average molecular weight is 231 g/mol. The van der Waals surface area contributed by atoms with Gasteiger partial charge in [-0.25, -0.2) is 4.98 Å². The highest BCUT2D eigenvalue weighted by molar-refractivity contribution is 7.13. The van der Waals surface area contributed by atoms with Crippen LogP contribution in [0.15, 0.2) is 17.5 Å². The Bertz CT molecular complexity index is 520. The van der Waals surface area contributed by atoms with Crippen molar-refractivity contribution in [2.75, 3.05) is 0 Å². The first kappa shape index (κ1) is 11.0. The first-order valence-corrected chi connectivity index (χ1v) is 5.98. The summed E-state index contributed by atoms with van der Waals surface area (Å²) in [5.41, 5.74) is 5.35. The van der Waals surface area contributed by atoms with Gasteiger partial charge in [-0.1, -0.05) is 17.7 Å². The molecule has 0 bridgehead atoms. The van der Waals surface area contributed by atoms with Crippen molar-refractivity contribution in [1.82, 2.24) is 4.98 Å². The number of aryl methyl sites for hydroxylation is 3. The fourth-order valence-electron chi connectivity index (χ4n) is 1.97. The molecule has 2 nitrogen and oxygen atoms in total. The molecule has 1 aromatic carbocycles. The number of aromatic nitrogens is 1. The molecule has 0 radical (unpaired) electrons. The third-order valence-corrected chi connectivity index (χ3v) is 3.41. The molecule has 3 heteroatoms. The van der Waals surface area contributed by atoms with E-state index in [1.807, 2.05) is 0 Å². The van der Waals surface area contributed by atoms with Gasteiger partial charge in [-0.05, 0) is 31.9 Å². The van der Waals surface area contributed by atoms with E-state index < -0.39 is 0 Å². The minimum atomic E-state index is 0.513. The summed E-state index contributed by atoms with van der Waals surface area (Å²) >= 11 is 1.52. The Morgan fingerprint density at radius 1 is 1.19 bits per heavy atom. The molecule has 0 aliphatic heterocycles. The molecule has 0 atom stereocenters. The largest absolute Gasteiger partial charge is 0.296 e. The predicted molar refractivity (Wildman–Crippen MR) is 67.1 cm³/mol. The van der Waals surface area contributed by atoms with Crippen molar-refractivity contribution in [1.29, 1.82) is 0 Å². The zero-order valence-electron chi connectivity index (χ0n) is 9.57. The lowest BCUT2D eigenvalue weighted by Crippen LogP contribution is -1.90. The Balaban J connectivity index is 2.59. The number of nitrogens with zero attached hydrogens (tertiary/aromatic N) is 1. The minimum Gasteiger partial charge on any atom is -0.296 e. The molecule has 0 amide bonds. The number of hydrogen-bond acceptors (Lipinski definition) is 3. The zero-order valence-corrected chi connectivity index (χ0v) is 10.4. The maximum atomic E-state index is 10.6. The lowest BCUT2D eigenvalue weighted by atomic mass is 10.0. The zero-order chi connectivity index (χ0) is 11.7. The minimum absolute atomic E-state index is 0.513. The topological polar surface area (TPSA) is 30.0 Å². The Morgan fingerprint density at radius 2 is 1.81 bits per heavy atom. The van der Waals surface area contributed by atoms with Gasteiger partial charge in [0, 0.05) is 10.9 Å². The van der Waals surface area contributed by atoms with Gasteiger partial charge in [0.05, 0.1) is 0 Å². The molecule has 0 N–H and O–H groups in total. The van der Waals surface area contributed by atoms with Gasteiger partial charge in [-0.3, -0.25) is 4.79 Å². The van der Waals surface area contributed by atoms with Gasteiger partial charge in [0.25, 0.3) is 0 Å². The van der Waals surface area contributed by atoms with Crippen molar-refractivity contribution in [2.45, 2.75) is 20.8 Å². The van der Waals surface area contributed by atoms with E-state index in [1.54, 1.807) is 5.38 Å². The molecule has 0 saturated carbocycles. The number of carbonyl (C=O) groups is 1. The molecule has 0 fully saturated rings. The van der Waals surface area contributed by atoms with Crippen molar-refractivity contribution < 1.29 is 4.79 Å². The molecule has 82 valence electrons. The van der Waals surface area contributed by atoms with Gasteiger partial charge >= 0.3 is 0 Å². The maximum absolute atomic E-state index is 10.6. The molecule has 0 unspecified atom stereocenters. The van der Waals surface area contributed by atoms with Crippen molar-refractivity contribution in [3.8, 4) is 10.6 Å². The standard InChI is InChI=1S/C13H13NOS/c1-8-4-9(2)12(10(3)5-8)13-14-11(6-15)7-16-13/h4-7H,1-3H3. The fraction of sp³-hybridized carbons (Fsp3) is 0.231. The second-order valence-electron chi connectivity index (χ2n) is 3.97. The van der Waals surface area contributed by atoms with E-state index in [0.29, 0.717) is 5.69 Å². The summed E-state index contributed by atoms with van der Waals surface area (Å²) in [4.78, 5) is 14.9. The van der Waals surface area contributed by atoms with Gasteiger partial charge in [-0.2, -0.15) is 0 Å². The van der Waals surface area contributed by atoms with Crippen LogP contribution in [0.5, 0.6) is 0 Å². The summed E-state index contributed by atoms with van der Waals surface area (Å²) < 4.78 is 0. The highest BCUT2D eigenvalue weighted by Gasteiger charge is 2.10. The summed E-state index contributed by atoms with van der Waals surface area (Å²) in [6.07, 6.45) is 0.791. The van der Waals surface area contributed by atoms with E-state index in [2.05, 4.69) is 37.9 Å². The van der Waals surface area contributed by atoms with Crippen molar-refractivity contribution >= 4 is 17.6 Å². The summed E-state index contributed by atoms with van der Waals surface area (Å²) in [5.74, 6) is 0. The molecule has 0 aliphatic carbocycles. The number of hydrogen-bond donors (Lipinski definition) is 0. The molecule has 0 saturated heterocycles. The monoisotopic (exact) mass is 231 g/mol. The number of thiazole rings is 1. The van der Waals surface area contributed by atoms with Crippen LogP contribution in [0.4, 0.5) is 0 Å². The van der Waals surface area contributed by atoms with E-state index in [9.17, 15) is 4.79 Å². The Hall–Kier alpha value is -1.48. The third kappa shape index (κ3) is 1.91. The normalized spacial score (nSPS) is 10.4. The summed E-state index contributed by atoms with van der Waals surface area (Å²) in [6, 6.07) is 4.29. The highest BCUT2D eigenvalue weighted by atomic mass is 32.1. The summed E-state index contributed by atoms with van der Waals surface area (Å²) in [6.45, 7) is 6.25. The summed E-state index contributed by atoms with van der Waals surface area (Å²) in [5, 5.41) is 2.72. The third-order valence-electron chi connectivity index (χ3n) is 2.53. The van der Waals surface area contributed by atoms with Gasteiger partial charge < -0.3 is 0 Å². The number of aldehydes is 1. The Kier molecular flexibility index (Phi) is 2.88. The van der Waals surface area contributed by atoms with Crippen LogP contribution in [0, 0.1) is 20.8 Å². The second-order valence-corrected chi connectivity index (χ2v) is 4.83. The van der Waals surface area contributed by atoms with Crippen LogP contribution in [0.1, 0.15) is 27.2 Å². The molecule has 2 aromatic rings. The van der Waals surface area contributed by atoms with Crippen LogP contribution in [-0.4, -0.2) is 11.3 Å². The maximum Gasteiger partial charge on any atom is 0.169 e. The van der Waals surface area contributed by atoms with Gasteiger partial charge in [0.1, 0.15) is 10.7 Å². The van der Waals surface area contributed by atoms with Crippen LogP contribution in [0.25, 0.3) is 10.6 Å². The molecule has 1 aromatic heterocycles. The van der Waals surface area contributed by atoms with Crippen molar-refractivity contribution in [2.24, 2.45) is 0 Å². The smallest absolute Gasteiger partial charge is 0.169 e. The number of rotatable bonds is 2. The Morgan fingerprint density at radius 3 is 2.31 bits per heavy atom. The Labute approximate surface area is 99.0 Å². The molecule has 16 heavy (non-hydrogen) atoms. The molecule has 0 aliphatic rings. The second kappa shape index (κ2) is 4.18. The van der Waals surface area contributed by atoms with E-state index in [1.165, 1.54) is 28.0 Å². The van der Waals surface area contributed by atoms with E-state index in [0.717, 1.165) is 16.9 Å².